The lowest BCUT2D eigenvalue weighted by molar-refractivity contribution is -0.147. The van der Waals surface area contributed by atoms with Crippen molar-refractivity contribution in [2.75, 3.05) is 5.32 Å². The summed E-state index contributed by atoms with van der Waals surface area (Å²) < 4.78 is 5.11. The fraction of sp³-hybridized carbons (Fsp3) is 0.250. The molecular weight excluding hydrogens is 354 g/mol. The predicted molar refractivity (Wildman–Crippen MR) is 100 cm³/mol. The Morgan fingerprint density at radius 2 is 1.77 bits per heavy atom. The Labute approximate surface area is 157 Å². The summed E-state index contributed by atoms with van der Waals surface area (Å²) in [5.41, 5.74) is 1.94. The highest BCUT2D eigenvalue weighted by Gasteiger charge is 2.19. The van der Waals surface area contributed by atoms with E-state index in [2.05, 4.69) is 5.32 Å². The van der Waals surface area contributed by atoms with Gasteiger partial charge in [-0.3, -0.25) is 14.4 Å². The Morgan fingerprint density at radius 1 is 1.08 bits per heavy atom. The van der Waals surface area contributed by atoms with Crippen molar-refractivity contribution >= 4 is 34.9 Å². The molecule has 1 amide bonds. The normalized spacial score (nSPS) is 11.5. The second-order valence-electron chi connectivity index (χ2n) is 5.87. The summed E-state index contributed by atoms with van der Waals surface area (Å²) in [7, 11) is 0. The zero-order valence-corrected chi connectivity index (χ0v) is 15.4. The van der Waals surface area contributed by atoms with Crippen LogP contribution in [-0.2, 0) is 14.3 Å². The minimum absolute atomic E-state index is 0.0451. The van der Waals surface area contributed by atoms with Gasteiger partial charge in [0.1, 0.15) is 0 Å². The quantitative estimate of drug-likeness (QED) is 0.583. The number of carbonyl (C=O) groups excluding carboxylic acids is 3. The van der Waals surface area contributed by atoms with Crippen molar-refractivity contribution in [1.29, 1.82) is 0 Å². The van der Waals surface area contributed by atoms with Crippen molar-refractivity contribution in [3.05, 3.63) is 64.7 Å². The number of rotatable bonds is 7. The van der Waals surface area contributed by atoms with Gasteiger partial charge in [-0.25, -0.2) is 0 Å². The number of ketones is 1. The number of nitrogens with one attached hydrogen (secondary N) is 1. The first-order valence-corrected chi connectivity index (χ1v) is 8.59. The van der Waals surface area contributed by atoms with E-state index in [0.717, 1.165) is 5.56 Å². The smallest absolute Gasteiger partial charge is 0.307 e. The van der Waals surface area contributed by atoms with Gasteiger partial charge in [-0.15, -0.1) is 0 Å². The van der Waals surface area contributed by atoms with Crippen molar-refractivity contribution in [2.45, 2.75) is 32.8 Å². The van der Waals surface area contributed by atoms with Crippen LogP contribution in [0.2, 0.25) is 5.02 Å². The van der Waals surface area contributed by atoms with Gasteiger partial charge in [0.2, 0.25) is 11.7 Å². The van der Waals surface area contributed by atoms with Crippen LogP contribution in [0.3, 0.4) is 0 Å². The molecule has 26 heavy (non-hydrogen) atoms. The molecule has 2 aromatic rings. The molecule has 0 radical (unpaired) electrons. The van der Waals surface area contributed by atoms with Crippen LogP contribution in [0.5, 0.6) is 0 Å². The average molecular weight is 374 g/mol. The Hall–Kier alpha value is -2.66. The van der Waals surface area contributed by atoms with Crippen LogP contribution in [-0.4, -0.2) is 23.8 Å². The summed E-state index contributed by atoms with van der Waals surface area (Å²) in [5, 5.41) is 3.22. The molecule has 136 valence electrons. The number of Topliss-reactive ketones (excluding diaryl/α,β-unsaturated/α-hetero) is 1. The highest BCUT2D eigenvalue weighted by Crippen LogP contribution is 2.20. The van der Waals surface area contributed by atoms with Crippen LogP contribution >= 0.6 is 11.6 Å². The van der Waals surface area contributed by atoms with Gasteiger partial charge in [0.25, 0.3) is 0 Å². The number of hydrogen-bond acceptors (Lipinski definition) is 4. The molecule has 0 bridgehead atoms. The second kappa shape index (κ2) is 9.15. The highest BCUT2D eigenvalue weighted by atomic mass is 35.5. The molecule has 1 N–H and O–H groups in total. The van der Waals surface area contributed by atoms with E-state index in [-0.39, 0.29) is 24.5 Å². The van der Waals surface area contributed by atoms with Crippen molar-refractivity contribution in [3.8, 4) is 0 Å². The summed E-state index contributed by atoms with van der Waals surface area (Å²) >= 11 is 6.00. The Kier molecular flexibility index (Phi) is 6.92. The molecular formula is C20H20ClNO4. The van der Waals surface area contributed by atoms with Gasteiger partial charge < -0.3 is 10.1 Å². The van der Waals surface area contributed by atoms with E-state index in [1.54, 1.807) is 48.5 Å². The fourth-order valence-electron chi connectivity index (χ4n) is 2.26. The van der Waals surface area contributed by atoms with E-state index in [1.165, 1.54) is 6.92 Å². The number of aryl methyl sites for hydroxylation is 1. The highest BCUT2D eigenvalue weighted by molar-refractivity contribution is 6.31. The summed E-state index contributed by atoms with van der Waals surface area (Å²) in [6, 6.07) is 13.8. The second-order valence-corrected chi connectivity index (χ2v) is 6.28. The van der Waals surface area contributed by atoms with Crippen molar-refractivity contribution in [3.63, 3.8) is 0 Å². The van der Waals surface area contributed by atoms with Gasteiger partial charge in [-0.2, -0.15) is 0 Å². The fourth-order valence-corrected chi connectivity index (χ4v) is 2.44. The molecule has 5 nitrogen and oxygen atoms in total. The van der Waals surface area contributed by atoms with Crippen LogP contribution in [0.4, 0.5) is 5.69 Å². The number of benzene rings is 2. The van der Waals surface area contributed by atoms with E-state index in [1.807, 2.05) is 6.92 Å². The van der Waals surface area contributed by atoms with Gasteiger partial charge in [0.15, 0.2) is 6.10 Å². The van der Waals surface area contributed by atoms with Gasteiger partial charge in [-0.05, 0) is 31.5 Å². The van der Waals surface area contributed by atoms with E-state index in [9.17, 15) is 14.4 Å². The number of carbonyl (C=O) groups is 3. The van der Waals surface area contributed by atoms with Crippen molar-refractivity contribution in [1.82, 2.24) is 0 Å². The third-order valence-corrected chi connectivity index (χ3v) is 4.15. The average Bonchev–Trinajstić information content (AvgIpc) is 2.63. The summed E-state index contributed by atoms with van der Waals surface area (Å²) in [4.78, 5) is 35.9. The molecule has 2 aromatic carbocycles. The van der Waals surface area contributed by atoms with Gasteiger partial charge >= 0.3 is 5.97 Å². The van der Waals surface area contributed by atoms with Gasteiger partial charge in [-0.1, -0.05) is 48.0 Å². The van der Waals surface area contributed by atoms with E-state index in [4.69, 9.17) is 16.3 Å². The number of ether oxygens (including phenoxy) is 1. The lowest BCUT2D eigenvalue weighted by atomic mass is 10.1. The molecule has 0 saturated heterocycles. The molecule has 0 saturated carbocycles. The first-order valence-electron chi connectivity index (χ1n) is 8.21. The van der Waals surface area contributed by atoms with Crippen LogP contribution in [0.1, 0.15) is 35.7 Å². The van der Waals surface area contributed by atoms with E-state index >= 15 is 0 Å². The molecule has 0 unspecified atom stereocenters. The molecule has 0 heterocycles. The Balaban J connectivity index is 1.79. The molecule has 6 heteroatoms. The van der Waals surface area contributed by atoms with Gasteiger partial charge in [0.05, 0.1) is 6.42 Å². The number of amides is 1. The first kappa shape index (κ1) is 19.7. The molecule has 0 aliphatic rings. The number of anilines is 1. The molecule has 1 atom stereocenters. The number of esters is 1. The minimum Gasteiger partial charge on any atom is -0.454 e. The molecule has 0 aliphatic carbocycles. The lowest BCUT2D eigenvalue weighted by Gasteiger charge is -2.12. The Morgan fingerprint density at radius 3 is 2.42 bits per heavy atom. The summed E-state index contributed by atoms with van der Waals surface area (Å²) in [6.07, 6.45) is -1.06. The molecule has 0 fully saturated rings. The Bertz CT molecular complexity index is 805. The maximum Gasteiger partial charge on any atom is 0.307 e. The first-order chi connectivity index (χ1) is 12.4. The number of halogens is 1. The lowest BCUT2D eigenvalue weighted by Crippen LogP contribution is -2.25. The van der Waals surface area contributed by atoms with Crippen LogP contribution in [0.15, 0.2) is 48.5 Å². The molecule has 0 aliphatic heterocycles. The standard InChI is InChI=1S/C20H20ClNO4/c1-13-8-9-16(12-17(13)21)22-18(23)10-11-19(24)26-14(2)20(25)15-6-4-3-5-7-15/h3-9,12,14H,10-11H2,1-2H3,(H,22,23)/t14-/m0/s1. The van der Waals surface area contributed by atoms with E-state index < -0.39 is 12.1 Å². The largest absolute Gasteiger partial charge is 0.454 e. The summed E-state index contributed by atoms with van der Waals surface area (Å²) in [5.74, 6) is -1.21. The monoisotopic (exact) mass is 373 g/mol. The van der Waals surface area contributed by atoms with Crippen LogP contribution in [0.25, 0.3) is 0 Å². The minimum atomic E-state index is -0.899. The topological polar surface area (TPSA) is 72.5 Å². The van der Waals surface area contributed by atoms with Crippen LogP contribution < -0.4 is 5.32 Å². The molecule has 0 spiro atoms. The number of hydrogen-bond donors (Lipinski definition) is 1. The maximum atomic E-state index is 12.1. The summed E-state index contributed by atoms with van der Waals surface area (Å²) in [6.45, 7) is 3.38. The van der Waals surface area contributed by atoms with Crippen molar-refractivity contribution < 1.29 is 19.1 Å². The maximum absolute atomic E-state index is 12.1. The SMILES string of the molecule is Cc1ccc(NC(=O)CCC(=O)O[C@@H](C)C(=O)c2ccccc2)cc1Cl. The zero-order valence-electron chi connectivity index (χ0n) is 14.6. The predicted octanol–water partition coefficient (Wildman–Crippen LogP) is 4.18. The van der Waals surface area contributed by atoms with E-state index in [0.29, 0.717) is 16.3 Å². The third-order valence-electron chi connectivity index (χ3n) is 3.75. The molecule has 2 rings (SSSR count). The van der Waals surface area contributed by atoms with Gasteiger partial charge in [0, 0.05) is 22.7 Å². The van der Waals surface area contributed by atoms with Crippen molar-refractivity contribution in [2.24, 2.45) is 0 Å². The van der Waals surface area contributed by atoms with Crippen LogP contribution in [0, 0.1) is 6.92 Å². The zero-order chi connectivity index (χ0) is 19.1. The molecule has 0 aromatic heterocycles. The third kappa shape index (κ3) is 5.70.